The Hall–Kier alpha value is -11.7. The smallest absolute Gasteiger partial charge is 0.454 e. The summed E-state index contributed by atoms with van der Waals surface area (Å²) in [6.45, 7) is 24.3. The number of carbonyl (C=O) groups excluding carboxylic acids is 1. The molecule has 0 unspecified atom stereocenters. The van der Waals surface area contributed by atoms with Gasteiger partial charge in [-0.3, -0.25) is 14.9 Å². The average molecular weight is 1380 g/mol. The van der Waals surface area contributed by atoms with Crippen molar-refractivity contribution in [2.75, 3.05) is 13.7 Å². The summed E-state index contributed by atoms with van der Waals surface area (Å²) in [6, 6.07) is 0. The van der Waals surface area contributed by atoms with Crippen molar-refractivity contribution in [3.63, 3.8) is 0 Å². The minimum atomic E-state index is -4.57. The predicted octanol–water partition coefficient (Wildman–Crippen LogP) is 11.5. The second-order valence-corrected chi connectivity index (χ2v) is 20.2. The van der Waals surface area contributed by atoms with Crippen LogP contribution in [0.4, 0.5) is 24.8 Å². The number of imidazole rings is 2. The topological polar surface area (TPSA) is 499 Å². The van der Waals surface area contributed by atoms with Gasteiger partial charge in [-0.1, -0.05) is 72.0 Å². The zero-order valence-electron chi connectivity index (χ0n) is 55.3. The number of carbonyl (C=O) groups is 1. The van der Waals surface area contributed by atoms with Crippen LogP contribution in [0.15, 0.2) is 118 Å². The van der Waals surface area contributed by atoms with Gasteiger partial charge in [-0.2, -0.15) is 13.2 Å². The molecule has 2 aromatic heterocycles. The van der Waals surface area contributed by atoms with E-state index in [1.807, 2.05) is 54.5 Å². The van der Waals surface area contributed by atoms with Gasteiger partial charge in [0.05, 0.1) is 37.8 Å². The van der Waals surface area contributed by atoms with Crippen molar-refractivity contribution in [3.05, 3.63) is 197 Å². The molecule has 2 aromatic rings. The number of allylic oxidation sites excluding steroid dienone is 7. The lowest BCUT2D eigenvalue weighted by Crippen LogP contribution is -2.21. The molecule has 0 spiro atoms. The van der Waals surface area contributed by atoms with Crippen LogP contribution >= 0.6 is 0 Å². The summed E-state index contributed by atoms with van der Waals surface area (Å²) in [6.07, 6.45) is 15.6. The van der Waals surface area contributed by atoms with Gasteiger partial charge in [-0.05, 0) is 129 Å². The van der Waals surface area contributed by atoms with Gasteiger partial charge in [-0.25, -0.2) is 6.57 Å². The lowest BCUT2D eigenvalue weighted by molar-refractivity contribution is -0.427. The van der Waals surface area contributed by atoms with Crippen LogP contribution in [0.1, 0.15) is 157 Å². The van der Waals surface area contributed by atoms with E-state index >= 15 is 0 Å². The molecule has 530 valence electrons. The van der Waals surface area contributed by atoms with E-state index in [9.17, 15) is 98.9 Å². The number of methoxy groups -OCH3 is 1. The quantitative estimate of drug-likeness (QED) is 0.0525. The highest BCUT2D eigenvalue weighted by molar-refractivity contribution is 6.03. The lowest BCUT2D eigenvalue weighted by Gasteiger charge is -2.02. The van der Waals surface area contributed by atoms with Crippen molar-refractivity contribution < 1.29 is 62.1 Å². The summed E-state index contributed by atoms with van der Waals surface area (Å²) in [4.78, 5) is 118. The Morgan fingerprint density at radius 2 is 1.04 bits per heavy atom. The van der Waals surface area contributed by atoms with Crippen LogP contribution in [0, 0.1) is 99.8 Å². The molecule has 98 heavy (non-hydrogen) atoms. The van der Waals surface area contributed by atoms with E-state index in [-0.39, 0.29) is 58.3 Å². The Morgan fingerprint density at radius 1 is 0.592 bits per heavy atom. The van der Waals surface area contributed by atoms with Crippen molar-refractivity contribution in [1.29, 1.82) is 0 Å². The van der Waals surface area contributed by atoms with Crippen LogP contribution in [-0.4, -0.2) is 113 Å². The summed E-state index contributed by atoms with van der Waals surface area (Å²) in [5.74, 6) is 1.40. The monoisotopic (exact) mass is 1380 g/mol. The molecule has 0 fully saturated rings. The Balaban J connectivity index is 0.000000562. The summed E-state index contributed by atoms with van der Waals surface area (Å²) in [5, 5.41) is 83.0. The minimum absolute atomic E-state index is 0.0440. The molecule has 0 aromatic carbocycles. The number of nitrogens with two attached hydrogens (primary N) is 1. The maximum absolute atomic E-state index is 12.1. The number of amides is 1. The summed E-state index contributed by atoms with van der Waals surface area (Å²) < 4.78 is 44.5. The van der Waals surface area contributed by atoms with E-state index in [0.717, 1.165) is 47.3 Å². The normalized spacial score (nSPS) is 14.6. The van der Waals surface area contributed by atoms with Gasteiger partial charge in [0.25, 0.3) is 0 Å². The van der Waals surface area contributed by atoms with Crippen LogP contribution in [0.25, 0.3) is 4.85 Å². The molecule has 0 bridgehead atoms. The molecule has 0 saturated carbocycles. The highest BCUT2D eigenvalue weighted by atomic mass is 19.4. The molecular formula is C58H74F3N19O18. The third-order valence-corrected chi connectivity index (χ3v) is 14.0. The first kappa shape index (κ1) is 84.3. The molecule has 8 rings (SSSR count). The van der Waals surface area contributed by atoms with Crippen molar-refractivity contribution in [2.24, 2.45) is 30.7 Å². The largest absolute Gasteiger partial charge is 0.466 e. The van der Waals surface area contributed by atoms with E-state index in [2.05, 4.69) is 45.7 Å². The fourth-order valence-electron chi connectivity index (χ4n) is 8.85. The molecule has 1 amide bonds. The van der Waals surface area contributed by atoms with Crippen LogP contribution < -0.4 is 5.73 Å². The second-order valence-electron chi connectivity index (χ2n) is 20.2. The lowest BCUT2D eigenvalue weighted by atomic mass is 10.1. The van der Waals surface area contributed by atoms with Crippen LogP contribution in [0.5, 0.6) is 0 Å². The number of aryl methyl sites for hydroxylation is 1. The fourth-order valence-corrected chi connectivity index (χ4v) is 8.85. The van der Waals surface area contributed by atoms with Gasteiger partial charge < -0.3 is 95.2 Å². The van der Waals surface area contributed by atoms with E-state index in [0.29, 0.717) is 112 Å². The second kappa shape index (κ2) is 41.9. The van der Waals surface area contributed by atoms with E-state index in [1.54, 1.807) is 35.3 Å². The Bertz CT molecular complexity index is 3830. The number of hydrogen-bond donors (Lipinski definition) is 1. The molecule has 6 aliphatic rings. The zero-order chi connectivity index (χ0) is 74.7. The number of halogens is 3. The van der Waals surface area contributed by atoms with E-state index < -0.39 is 64.5 Å². The molecule has 0 radical (unpaired) electrons. The number of primary amides is 1. The van der Waals surface area contributed by atoms with Gasteiger partial charge in [0.2, 0.25) is 42.2 Å². The van der Waals surface area contributed by atoms with Crippen molar-refractivity contribution >= 4 is 46.8 Å². The van der Waals surface area contributed by atoms with E-state index in [4.69, 9.17) is 23.5 Å². The number of ether oxygens (including phenoxy) is 1. The molecule has 2 N–H and O–H groups in total. The number of hydrogen-bond acceptors (Lipinski definition) is 25. The molecule has 5 aliphatic heterocycles. The Kier molecular flexibility index (Phi) is 36.0. The SMILES string of the molecule is C#CC1=NC([N+](=O)[O-])=C(CC)C1.CCC1=C([N+](=O)[O-])N=C(C(F)(F)F)C1.CCC1=C([N+](=O)[O-])N=C(C)C1.CCC1=C([N+](=O)[O-])N=C(OC)C1.CCC1=C([N+](=O)[O-])N=CC1.CCC1=CC=C([N+](=O)[O-])C1.CCc1c([N+](=O)[O-])ncn1CCC(N)=O.[C-]#[N+]CCn1cnc([N+](=O)[O-])c1CC. The number of terminal acetylenes is 1. The molecule has 1 aliphatic carbocycles. The summed E-state index contributed by atoms with van der Waals surface area (Å²) in [5.41, 5.74) is 11.0. The van der Waals surface area contributed by atoms with Crippen LogP contribution in [0.3, 0.4) is 0 Å². The first-order valence-electron chi connectivity index (χ1n) is 29.8. The van der Waals surface area contributed by atoms with Crippen molar-refractivity contribution in [3.8, 4) is 12.3 Å². The summed E-state index contributed by atoms with van der Waals surface area (Å²) in [7, 11) is 1.47. The number of rotatable bonds is 21. The number of aromatic nitrogens is 4. The number of nitro groups is 8. The highest BCUT2D eigenvalue weighted by Crippen LogP contribution is 2.32. The molecule has 0 atom stereocenters. The van der Waals surface area contributed by atoms with Crippen LogP contribution in [0.2, 0.25) is 0 Å². The van der Waals surface area contributed by atoms with Gasteiger partial charge in [-0.15, -0.1) is 6.42 Å². The predicted molar refractivity (Wildman–Crippen MR) is 350 cm³/mol. The van der Waals surface area contributed by atoms with Gasteiger partial charge >= 0.3 is 52.8 Å². The standard InChI is InChI=1S/C8H12N4O3.C8H10N4O2.C8H8N2O2.C7H7F3N2O2.C7H10N2O3.C7H10N2O2.C7H9NO2.C6H8N2O2/c1-2-6-8(12(14)15)10-5-11(6)4-3-7(9)13;1-3-7-8(12(13)14)10-6-11(7)5-4-9-2;1-3-6-5-7(4-2)9-8(6)10(11)12;1-2-4-3-5(7(8,9)10)11-6(4)12(13)14;1-3-5-4-6(12-2)8-7(5)9(10)11;1-3-6-4-5(2)8-7(6)9(10)11;1-2-6-3-4-7(5-6)8(9)10;1-2-5-3-4-7-6(5)8(9)10/h5H,2-4H2,1H3,(H2,9,13);6H,3-5H2,1H3;2H,3,5H2,1H3;2-3H2,1H3;3-4H2,1-2H3;3-4H2,1-2H3;3-4H,2,5H2,1H3;4H,2-3H2,1H3. The maximum atomic E-state index is 12.1. The maximum Gasteiger partial charge on any atom is 0.454 e. The molecule has 40 heteroatoms. The van der Waals surface area contributed by atoms with E-state index in [1.165, 1.54) is 19.8 Å². The first-order valence-corrected chi connectivity index (χ1v) is 29.8. The first-order chi connectivity index (χ1) is 46.1. The Morgan fingerprint density at radius 3 is 1.38 bits per heavy atom. The number of alkyl halides is 3. The minimum Gasteiger partial charge on any atom is -0.466 e. The fraction of sp³-hybridized carbons (Fsp3) is 0.500. The average Bonchev–Trinajstić information content (AvgIpc) is 1.69. The number of nitrogens with zero attached hydrogens (tertiary/aromatic N) is 18. The zero-order valence-corrected chi connectivity index (χ0v) is 55.3. The molecule has 37 nitrogen and oxygen atoms in total. The molecular weight excluding hydrogens is 1310 g/mol. The van der Waals surface area contributed by atoms with Gasteiger partial charge in [0.1, 0.15) is 23.3 Å². The third kappa shape index (κ3) is 26.6. The van der Waals surface area contributed by atoms with Crippen molar-refractivity contribution in [1.82, 2.24) is 19.1 Å². The number of aliphatic imine (C=N–C) groups is 5. The highest BCUT2D eigenvalue weighted by Gasteiger charge is 2.45. The Labute approximate surface area is 557 Å². The third-order valence-electron chi connectivity index (χ3n) is 14.0. The molecule has 0 saturated heterocycles. The van der Waals surface area contributed by atoms with Gasteiger partial charge in [0, 0.05) is 66.2 Å². The molecule has 7 heterocycles. The van der Waals surface area contributed by atoms with Crippen LogP contribution in [-0.2, 0) is 35.5 Å². The summed E-state index contributed by atoms with van der Waals surface area (Å²) >= 11 is 0. The van der Waals surface area contributed by atoms with Gasteiger partial charge in [0.15, 0.2) is 0 Å². The van der Waals surface area contributed by atoms with Crippen molar-refractivity contribution in [2.45, 2.75) is 178 Å².